The molecule has 1 atom stereocenters. The van der Waals surface area contributed by atoms with Crippen LogP contribution in [0.4, 0.5) is 0 Å². The van der Waals surface area contributed by atoms with E-state index < -0.39 is 0 Å². The molecule has 1 aromatic carbocycles. The van der Waals surface area contributed by atoms with Crippen LogP contribution in [-0.2, 0) is 4.74 Å². The van der Waals surface area contributed by atoms with Gasteiger partial charge in [0, 0.05) is 12.7 Å². The Kier molecular flexibility index (Phi) is 4.01. The van der Waals surface area contributed by atoms with Crippen molar-refractivity contribution in [1.82, 2.24) is 0 Å². The van der Waals surface area contributed by atoms with Crippen LogP contribution in [0.25, 0.3) is 5.57 Å². The summed E-state index contributed by atoms with van der Waals surface area (Å²) in [6, 6.07) is 5.42. The fourth-order valence-electron chi connectivity index (χ4n) is 2.03. The maximum Gasteiger partial charge on any atom is 0.161 e. The van der Waals surface area contributed by atoms with Gasteiger partial charge in [0.25, 0.3) is 0 Å². The van der Waals surface area contributed by atoms with Gasteiger partial charge in [0.2, 0.25) is 0 Å². The molecule has 2 N–H and O–H groups in total. The monoisotopic (exact) mass is 263 g/mol. The van der Waals surface area contributed by atoms with Crippen LogP contribution in [0.5, 0.6) is 11.5 Å². The number of hydrogen-bond acceptors (Lipinski definition) is 6. The first-order chi connectivity index (χ1) is 9.21. The van der Waals surface area contributed by atoms with Crippen molar-refractivity contribution in [1.29, 1.82) is 0 Å². The molecule has 1 aliphatic rings. The standard InChI is InChI=1S/C13H17N3O3/c1-17-7-9-12(13(14)16-15-9)8-4-5-10(18-2)11(6-8)19-3/h4-6,9H,7,14H2,1-3H3/t9-/m0/s1. The summed E-state index contributed by atoms with van der Waals surface area (Å²) in [6.07, 6.45) is 0. The van der Waals surface area contributed by atoms with Crippen molar-refractivity contribution >= 4 is 5.57 Å². The lowest BCUT2D eigenvalue weighted by Crippen LogP contribution is -2.14. The first-order valence-corrected chi connectivity index (χ1v) is 5.83. The molecule has 0 aromatic heterocycles. The molecule has 19 heavy (non-hydrogen) atoms. The van der Waals surface area contributed by atoms with Gasteiger partial charge in [-0.05, 0) is 17.7 Å². The number of rotatable bonds is 5. The minimum atomic E-state index is -0.178. The topological polar surface area (TPSA) is 78.4 Å². The summed E-state index contributed by atoms with van der Waals surface area (Å²) in [4.78, 5) is 0. The predicted molar refractivity (Wildman–Crippen MR) is 71.2 cm³/mol. The zero-order valence-electron chi connectivity index (χ0n) is 11.2. The van der Waals surface area contributed by atoms with Crippen molar-refractivity contribution in [2.75, 3.05) is 27.9 Å². The van der Waals surface area contributed by atoms with Gasteiger partial charge >= 0.3 is 0 Å². The van der Waals surface area contributed by atoms with Crippen molar-refractivity contribution in [3.63, 3.8) is 0 Å². The van der Waals surface area contributed by atoms with Crippen LogP contribution in [0, 0.1) is 0 Å². The lowest BCUT2D eigenvalue weighted by Gasteiger charge is -2.14. The number of hydrogen-bond donors (Lipinski definition) is 1. The first kappa shape index (κ1) is 13.4. The fourth-order valence-corrected chi connectivity index (χ4v) is 2.03. The molecule has 0 saturated carbocycles. The maximum atomic E-state index is 5.89. The Bertz CT molecular complexity index is 526. The molecule has 0 spiro atoms. The number of nitrogens with two attached hydrogens (primary N) is 1. The predicted octanol–water partition coefficient (Wildman–Crippen LogP) is 1.81. The normalized spacial score (nSPS) is 17.9. The van der Waals surface area contributed by atoms with Gasteiger partial charge in [0.1, 0.15) is 6.04 Å². The van der Waals surface area contributed by atoms with E-state index in [-0.39, 0.29) is 6.04 Å². The summed E-state index contributed by atoms with van der Waals surface area (Å²) in [5.41, 5.74) is 7.64. The van der Waals surface area contributed by atoms with Gasteiger partial charge in [-0.25, -0.2) is 0 Å². The molecular formula is C13H17N3O3. The van der Waals surface area contributed by atoms with Gasteiger partial charge in [-0.3, -0.25) is 0 Å². The number of ether oxygens (including phenoxy) is 3. The number of azo groups is 1. The maximum absolute atomic E-state index is 5.89. The lowest BCUT2D eigenvalue weighted by atomic mass is 9.99. The molecule has 1 aliphatic heterocycles. The van der Waals surface area contributed by atoms with Crippen LogP contribution in [0.3, 0.4) is 0 Å². The molecule has 0 aliphatic carbocycles. The molecule has 0 saturated heterocycles. The largest absolute Gasteiger partial charge is 0.493 e. The second kappa shape index (κ2) is 5.71. The molecule has 0 bridgehead atoms. The minimum Gasteiger partial charge on any atom is -0.493 e. The Morgan fingerprint density at radius 3 is 2.53 bits per heavy atom. The highest BCUT2D eigenvalue weighted by molar-refractivity contribution is 5.75. The molecule has 102 valence electrons. The van der Waals surface area contributed by atoms with E-state index in [9.17, 15) is 0 Å². The van der Waals surface area contributed by atoms with Crippen LogP contribution in [-0.4, -0.2) is 34.0 Å². The van der Waals surface area contributed by atoms with Gasteiger partial charge < -0.3 is 19.9 Å². The van der Waals surface area contributed by atoms with E-state index in [1.165, 1.54) is 0 Å². The summed E-state index contributed by atoms with van der Waals surface area (Å²) in [5.74, 6) is 1.72. The molecule has 1 heterocycles. The number of nitrogens with zero attached hydrogens (tertiary/aromatic N) is 2. The molecule has 6 nitrogen and oxygen atoms in total. The van der Waals surface area contributed by atoms with E-state index in [0.717, 1.165) is 11.1 Å². The molecule has 0 radical (unpaired) electrons. The van der Waals surface area contributed by atoms with Crippen LogP contribution < -0.4 is 15.2 Å². The molecular weight excluding hydrogens is 246 g/mol. The summed E-state index contributed by atoms with van der Waals surface area (Å²) in [5, 5.41) is 8.01. The van der Waals surface area contributed by atoms with Crippen molar-refractivity contribution in [2.45, 2.75) is 6.04 Å². The Hall–Kier alpha value is -2.08. The first-order valence-electron chi connectivity index (χ1n) is 5.83. The third kappa shape index (κ3) is 2.53. The summed E-state index contributed by atoms with van der Waals surface area (Å²) in [6.45, 7) is 0.438. The highest BCUT2D eigenvalue weighted by Gasteiger charge is 2.24. The van der Waals surface area contributed by atoms with E-state index >= 15 is 0 Å². The smallest absolute Gasteiger partial charge is 0.161 e. The van der Waals surface area contributed by atoms with Crippen molar-refractivity contribution in [3.05, 3.63) is 29.6 Å². The molecule has 0 unspecified atom stereocenters. The van der Waals surface area contributed by atoms with E-state index in [2.05, 4.69) is 10.2 Å². The fraction of sp³-hybridized carbons (Fsp3) is 0.385. The molecule has 0 amide bonds. The summed E-state index contributed by atoms with van der Waals surface area (Å²) in [7, 11) is 4.81. The Balaban J connectivity index is 2.39. The molecule has 2 rings (SSSR count). The van der Waals surface area contributed by atoms with E-state index in [1.807, 2.05) is 18.2 Å². The minimum absolute atomic E-state index is 0.178. The second-order valence-electron chi connectivity index (χ2n) is 4.06. The van der Waals surface area contributed by atoms with Crippen molar-refractivity contribution < 1.29 is 14.2 Å². The zero-order chi connectivity index (χ0) is 13.8. The summed E-state index contributed by atoms with van der Waals surface area (Å²) >= 11 is 0. The highest BCUT2D eigenvalue weighted by Crippen LogP contribution is 2.35. The van der Waals surface area contributed by atoms with E-state index in [1.54, 1.807) is 21.3 Å². The highest BCUT2D eigenvalue weighted by atomic mass is 16.5. The SMILES string of the molecule is COC[C@@H]1N=NC(N)=C1c1ccc(OC)c(OC)c1. The van der Waals surface area contributed by atoms with Crippen LogP contribution >= 0.6 is 0 Å². The number of methoxy groups -OCH3 is 3. The van der Waals surface area contributed by atoms with Gasteiger partial charge in [0.05, 0.1) is 20.8 Å². The lowest BCUT2D eigenvalue weighted by molar-refractivity contribution is 0.194. The Morgan fingerprint density at radius 2 is 1.89 bits per heavy atom. The zero-order valence-corrected chi connectivity index (χ0v) is 11.2. The van der Waals surface area contributed by atoms with Crippen molar-refractivity contribution in [2.24, 2.45) is 16.0 Å². The quantitative estimate of drug-likeness (QED) is 0.878. The second-order valence-corrected chi connectivity index (χ2v) is 4.06. The van der Waals surface area contributed by atoms with Gasteiger partial charge in [-0.2, -0.15) is 5.11 Å². The number of benzene rings is 1. The molecule has 0 fully saturated rings. The Labute approximate surface area is 111 Å². The molecule has 1 aromatic rings. The van der Waals surface area contributed by atoms with Gasteiger partial charge in [-0.1, -0.05) is 6.07 Å². The van der Waals surface area contributed by atoms with E-state index in [0.29, 0.717) is 23.9 Å². The van der Waals surface area contributed by atoms with E-state index in [4.69, 9.17) is 19.9 Å². The molecule has 6 heteroatoms. The Morgan fingerprint density at radius 1 is 1.16 bits per heavy atom. The van der Waals surface area contributed by atoms with Crippen LogP contribution in [0.1, 0.15) is 5.56 Å². The third-order valence-corrected chi connectivity index (χ3v) is 2.93. The van der Waals surface area contributed by atoms with Crippen LogP contribution in [0.2, 0.25) is 0 Å². The van der Waals surface area contributed by atoms with Crippen molar-refractivity contribution in [3.8, 4) is 11.5 Å². The average Bonchev–Trinajstić information content (AvgIpc) is 2.79. The van der Waals surface area contributed by atoms with Gasteiger partial charge in [0.15, 0.2) is 17.3 Å². The summed E-state index contributed by atoms with van der Waals surface area (Å²) < 4.78 is 15.6. The van der Waals surface area contributed by atoms with Gasteiger partial charge in [-0.15, -0.1) is 5.11 Å². The average molecular weight is 263 g/mol. The van der Waals surface area contributed by atoms with Crippen LogP contribution in [0.15, 0.2) is 34.2 Å². The third-order valence-electron chi connectivity index (χ3n) is 2.93.